The largest absolute Gasteiger partial charge is 0.378 e. The molecule has 2 aliphatic rings. The van der Waals surface area contributed by atoms with E-state index in [1.165, 1.54) is 0 Å². The van der Waals surface area contributed by atoms with E-state index in [0.29, 0.717) is 44.1 Å². The van der Waals surface area contributed by atoms with Crippen LogP contribution >= 0.6 is 0 Å². The van der Waals surface area contributed by atoms with Crippen LogP contribution in [0.3, 0.4) is 0 Å². The molecule has 5 rings (SSSR count). The van der Waals surface area contributed by atoms with Crippen LogP contribution in [0.2, 0.25) is 0 Å². The van der Waals surface area contributed by atoms with Crippen LogP contribution in [-0.2, 0) is 16.1 Å². The number of pyridine rings is 1. The van der Waals surface area contributed by atoms with Crippen molar-refractivity contribution in [2.24, 2.45) is 0 Å². The number of carbonyl (C=O) groups excluding carboxylic acids is 2. The number of ether oxygens (including phenoxy) is 1. The van der Waals surface area contributed by atoms with Gasteiger partial charge in [0.15, 0.2) is 0 Å². The van der Waals surface area contributed by atoms with Crippen LogP contribution in [0.1, 0.15) is 21.6 Å². The molecule has 0 unspecified atom stereocenters. The number of hydrogen-bond donors (Lipinski definition) is 2. The first-order valence-electron chi connectivity index (χ1n) is 9.94. The van der Waals surface area contributed by atoms with Crippen LogP contribution in [0.15, 0.2) is 30.5 Å². The lowest BCUT2D eigenvalue weighted by atomic mass is 10.1. The van der Waals surface area contributed by atoms with Gasteiger partial charge in [-0.3, -0.25) is 19.7 Å². The number of nitrogens with one attached hydrogen (secondary N) is 2. The molecule has 2 aromatic heterocycles. The molecular formula is C21H22N6O3. The number of morpholine rings is 1. The fourth-order valence-corrected chi connectivity index (χ4v) is 3.98. The Morgan fingerprint density at radius 3 is 2.97 bits per heavy atom. The third kappa shape index (κ3) is 3.26. The molecule has 0 bridgehead atoms. The lowest BCUT2D eigenvalue weighted by Gasteiger charge is -2.28. The summed E-state index contributed by atoms with van der Waals surface area (Å²) in [5.74, 6) is -0.183. The number of fused-ring (bicyclic) bond motifs is 2. The van der Waals surface area contributed by atoms with Crippen LogP contribution in [0.25, 0.3) is 11.0 Å². The lowest BCUT2D eigenvalue weighted by Crippen LogP contribution is -2.45. The summed E-state index contributed by atoms with van der Waals surface area (Å²) in [4.78, 5) is 33.5. The molecule has 2 amide bonds. The number of amides is 2. The van der Waals surface area contributed by atoms with E-state index in [4.69, 9.17) is 4.74 Å². The molecule has 0 atom stereocenters. The second kappa shape index (κ2) is 7.42. The quantitative estimate of drug-likeness (QED) is 0.685. The highest BCUT2D eigenvalue weighted by Gasteiger charge is 2.32. The minimum Gasteiger partial charge on any atom is -0.378 e. The number of aromatic nitrogens is 3. The van der Waals surface area contributed by atoms with Crippen molar-refractivity contribution in [3.8, 4) is 0 Å². The first-order valence-corrected chi connectivity index (χ1v) is 9.94. The number of aromatic amines is 1. The second-order valence-electron chi connectivity index (χ2n) is 7.56. The summed E-state index contributed by atoms with van der Waals surface area (Å²) in [6.45, 7) is 4.66. The molecule has 3 aromatic rings. The summed E-state index contributed by atoms with van der Waals surface area (Å²) in [6.07, 6.45) is 1.73. The molecular weight excluding hydrogens is 384 g/mol. The lowest BCUT2D eigenvalue weighted by molar-refractivity contribution is -0.136. The molecule has 0 aliphatic carbocycles. The number of carbonyl (C=O) groups is 2. The molecule has 1 saturated heterocycles. The van der Waals surface area contributed by atoms with Gasteiger partial charge in [0.25, 0.3) is 5.91 Å². The first-order chi connectivity index (χ1) is 14.6. The second-order valence-corrected chi connectivity index (χ2v) is 7.56. The van der Waals surface area contributed by atoms with Crippen molar-refractivity contribution in [2.75, 3.05) is 38.2 Å². The van der Waals surface area contributed by atoms with Crippen LogP contribution in [-0.4, -0.2) is 69.6 Å². The monoisotopic (exact) mass is 406 g/mol. The van der Waals surface area contributed by atoms with E-state index in [2.05, 4.69) is 20.5 Å². The average Bonchev–Trinajstić information content (AvgIpc) is 3.29. The summed E-state index contributed by atoms with van der Waals surface area (Å²) in [5.41, 5.74) is 5.45. The maximum atomic E-state index is 13.1. The van der Waals surface area contributed by atoms with Crippen molar-refractivity contribution in [2.45, 2.75) is 13.5 Å². The van der Waals surface area contributed by atoms with E-state index in [1.54, 1.807) is 16.0 Å². The zero-order valence-electron chi connectivity index (χ0n) is 16.6. The first kappa shape index (κ1) is 18.6. The highest BCUT2D eigenvalue weighted by atomic mass is 16.5. The maximum absolute atomic E-state index is 13.1. The smallest absolute Gasteiger partial charge is 0.257 e. The average molecular weight is 406 g/mol. The number of H-pyrrole nitrogens is 1. The molecule has 2 aliphatic heterocycles. The summed E-state index contributed by atoms with van der Waals surface area (Å²) >= 11 is 0. The van der Waals surface area contributed by atoms with Crippen LogP contribution in [0.5, 0.6) is 0 Å². The molecule has 2 N–H and O–H groups in total. The fraction of sp³-hybridized carbons (Fsp3) is 0.333. The Bertz CT molecular complexity index is 1130. The van der Waals surface area contributed by atoms with Gasteiger partial charge in [-0.05, 0) is 24.6 Å². The summed E-state index contributed by atoms with van der Waals surface area (Å²) < 4.78 is 5.30. The Kier molecular flexibility index (Phi) is 4.59. The molecule has 1 aromatic carbocycles. The van der Waals surface area contributed by atoms with E-state index in [0.717, 1.165) is 28.0 Å². The number of rotatable bonds is 4. The summed E-state index contributed by atoms with van der Waals surface area (Å²) in [5, 5.41) is 10.5. The zero-order valence-corrected chi connectivity index (χ0v) is 16.6. The molecule has 4 heterocycles. The van der Waals surface area contributed by atoms with Crippen molar-refractivity contribution in [3.05, 3.63) is 47.3 Å². The molecule has 0 spiro atoms. The standard InChI is InChI=1S/C21H22N6O3/c1-13-20-17(25-24-13)9-15(10-22-20)23-16-4-2-3-14-11-27(21(29)19(14)16)12-18(28)26-5-7-30-8-6-26/h2-4,9-10,23H,5-8,11-12H2,1H3,(H,24,25). The van der Waals surface area contributed by atoms with Gasteiger partial charge in [0.05, 0.1) is 42.0 Å². The van der Waals surface area contributed by atoms with Gasteiger partial charge in [0, 0.05) is 19.6 Å². The van der Waals surface area contributed by atoms with Crippen LogP contribution < -0.4 is 5.32 Å². The van der Waals surface area contributed by atoms with E-state index < -0.39 is 0 Å². The molecule has 9 heteroatoms. The number of anilines is 2. The predicted molar refractivity (Wildman–Crippen MR) is 110 cm³/mol. The van der Waals surface area contributed by atoms with Crippen molar-refractivity contribution >= 4 is 34.2 Å². The Morgan fingerprint density at radius 1 is 1.30 bits per heavy atom. The SMILES string of the molecule is Cc1[nH]nc2cc(Nc3cccc4c3C(=O)N(CC(=O)N3CCOCC3)C4)cnc12. The number of hydrogen-bond acceptors (Lipinski definition) is 6. The third-order valence-electron chi connectivity index (χ3n) is 5.55. The minimum absolute atomic E-state index is 0.0440. The Balaban J connectivity index is 1.36. The Hall–Kier alpha value is -3.46. The number of nitrogens with zero attached hydrogens (tertiary/aromatic N) is 4. The molecule has 154 valence electrons. The normalized spacial score (nSPS) is 16.2. The Morgan fingerprint density at radius 2 is 2.13 bits per heavy atom. The van der Waals surface area contributed by atoms with Crippen LogP contribution in [0.4, 0.5) is 11.4 Å². The van der Waals surface area contributed by atoms with Crippen LogP contribution in [0, 0.1) is 6.92 Å². The topological polar surface area (TPSA) is 103 Å². The molecule has 1 fully saturated rings. The Labute approximate surface area is 173 Å². The van der Waals surface area contributed by atoms with Gasteiger partial charge in [0.2, 0.25) is 5.91 Å². The van der Waals surface area contributed by atoms with Gasteiger partial charge in [-0.2, -0.15) is 5.10 Å². The summed E-state index contributed by atoms with van der Waals surface area (Å²) in [7, 11) is 0. The van der Waals surface area contributed by atoms with Gasteiger partial charge in [-0.25, -0.2) is 0 Å². The van der Waals surface area contributed by atoms with Gasteiger partial charge >= 0.3 is 0 Å². The summed E-state index contributed by atoms with van der Waals surface area (Å²) in [6, 6.07) is 7.59. The fourth-order valence-electron chi connectivity index (χ4n) is 3.98. The van der Waals surface area contributed by atoms with Crippen molar-refractivity contribution < 1.29 is 14.3 Å². The van der Waals surface area contributed by atoms with E-state index in [-0.39, 0.29) is 18.4 Å². The third-order valence-corrected chi connectivity index (χ3v) is 5.55. The molecule has 0 saturated carbocycles. The van der Waals surface area contributed by atoms with Gasteiger partial charge in [-0.15, -0.1) is 0 Å². The maximum Gasteiger partial charge on any atom is 0.257 e. The van der Waals surface area contributed by atoms with Crippen molar-refractivity contribution in [1.82, 2.24) is 25.0 Å². The zero-order chi connectivity index (χ0) is 20.7. The van der Waals surface area contributed by atoms with E-state index in [9.17, 15) is 9.59 Å². The highest BCUT2D eigenvalue weighted by molar-refractivity contribution is 6.05. The predicted octanol–water partition coefficient (Wildman–Crippen LogP) is 1.82. The molecule has 9 nitrogen and oxygen atoms in total. The minimum atomic E-state index is -0.139. The van der Waals surface area contributed by atoms with Gasteiger partial charge in [0.1, 0.15) is 17.6 Å². The molecule has 30 heavy (non-hydrogen) atoms. The van der Waals surface area contributed by atoms with Crippen molar-refractivity contribution in [1.29, 1.82) is 0 Å². The van der Waals surface area contributed by atoms with E-state index in [1.807, 2.05) is 31.2 Å². The van der Waals surface area contributed by atoms with Gasteiger partial charge < -0.3 is 19.9 Å². The highest BCUT2D eigenvalue weighted by Crippen LogP contribution is 2.31. The number of aryl methyl sites for hydroxylation is 1. The van der Waals surface area contributed by atoms with E-state index >= 15 is 0 Å². The van der Waals surface area contributed by atoms with Crippen molar-refractivity contribution in [3.63, 3.8) is 0 Å². The van der Waals surface area contributed by atoms with Gasteiger partial charge in [-0.1, -0.05) is 12.1 Å². The molecule has 0 radical (unpaired) electrons. The number of benzene rings is 1.